The Labute approximate surface area is 181 Å². The fourth-order valence-electron chi connectivity index (χ4n) is 4.02. The first kappa shape index (κ1) is 20.2. The van der Waals surface area contributed by atoms with Crippen molar-refractivity contribution in [2.75, 3.05) is 13.1 Å². The SMILES string of the molecule is O=C(NCc1cccc2ccccc12)C1CCN(Cc2ccc(Cl)c(Cl)c2)CC1. The average Bonchev–Trinajstić information content (AvgIpc) is 2.75. The number of halogens is 2. The van der Waals surface area contributed by atoms with E-state index >= 15 is 0 Å². The lowest BCUT2D eigenvalue weighted by molar-refractivity contribution is -0.126. The Kier molecular flexibility index (Phi) is 6.39. The summed E-state index contributed by atoms with van der Waals surface area (Å²) in [6.07, 6.45) is 1.76. The van der Waals surface area contributed by atoms with Crippen LogP contribution in [-0.2, 0) is 17.9 Å². The first-order valence-corrected chi connectivity index (χ1v) is 10.8. The van der Waals surface area contributed by atoms with E-state index in [4.69, 9.17) is 23.2 Å². The Bertz CT molecular complexity index is 1010. The van der Waals surface area contributed by atoms with Crippen LogP contribution in [0.2, 0.25) is 10.0 Å². The van der Waals surface area contributed by atoms with Crippen LogP contribution in [0.3, 0.4) is 0 Å². The van der Waals surface area contributed by atoms with E-state index < -0.39 is 0 Å². The summed E-state index contributed by atoms with van der Waals surface area (Å²) in [5.41, 5.74) is 2.31. The monoisotopic (exact) mass is 426 g/mol. The fourth-order valence-corrected chi connectivity index (χ4v) is 4.34. The molecule has 29 heavy (non-hydrogen) atoms. The minimum atomic E-state index is 0.0787. The highest BCUT2D eigenvalue weighted by molar-refractivity contribution is 6.42. The van der Waals surface area contributed by atoms with E-state index in [9.17, 15) is 4.79 Å². The summed E-state index contributed by atoms with van der Waals surface area (Å²) in [5, 5.41) is 6.72. The van der Waals surface area contributed by atoms with Crippen molar-refractivity contribution in [1.29, 1.82) is 0 Å². The lowest BCUT2D eigenvalue weighted by Crippen LogP contribution is -2.40. The maximum atomic E-state index is 12.7. The van der Waals surface area contributed by atoms with E-state index in [1.54, 1.807) is 0 Å². The van der Waals surface area contributed by atoms with Crippen molar-refractivity contribution >= 4 is 39.9 Å². The molecule has 1 heterocycles. The molecule has 0 aliphatic carbocycles. The third kappa shape index (κ3) is 4.92. The number of likely N-dealkylation sites (tertiary alicyclic amines) is 1. The van der Waals surface area contributed by atoms with Gasteiger partial charge >= 0.3 is 0 Å². The van der Waals surface area contributed by atoms with Gasteiger partial charge in [0.25, 0.3) is 0 Å². The molecule has 1 N–H and O–H groups in total. The van der Waals surface area contributed by atoms with Gasteiger partial charge in [-0.05, 0) is 60.0 Å². The second-order valence-electron chi connectivity index (χ2n) is 7.65. The van der Waals surface area contributed by atoms with Gasteiger partial charge in [-0.3, -0.25) is 9.69 Å². The average molecular weight is 427 g/mol. The highest BCUT2D eigenvalue weighted by Gasteiger charge is 2.25. The molecule has 0 unspecified atom stereocenters. The summed E-state index contributed by atoms with van der Waals surface area (Å²) in [7, 11) is 0. The summed E-state index contributed by atoms with van der Waals surface area (Å²) >= 11 is 12.1. The number of piperidine rings is 1. The number of nitrogens with zero attached hydrogens (tertiary/aromatic N) is 1. The molecule has 0 bridgehead atoms. The molecule has 1 aliphatic heterocycles. The van der Waals surface area contributed by atoms with E-state index in [0.717, 1.165) is 43.6 Å². The molecule has 3 nitrogen and oxygen atoms in total. The molecule has 1 saturated heterocycles. The predicted molar refractivity (Wildman–Crippen MR) is 120 cm³/mol. The van der Waals surface area contributed by atoms with Gasteiger partial charge in [0, 0.05) is 19.0 Å². The standard InChI is InChI=1S/C24H24Cl2N2O/c25-22-9-8-17(14-23(22)26)16-28-12-10-19(11-13-28)24(29)27-15-20-6-3-5-18-4-1-2-7-21(18)20/h1-9,14,19H,10-13,15-16H2,(H,27,29). The van der Waals surface area contributed by atoms with Crippen LogP contribution < -0.4 is 5.32 Å². The minimum absolute atomic E-state index is 0.0787. The van der Waals surface area contributed by atoms with Crippen molar-refractivity contribution in [3.8, 4) is 0 Å². The second kappa shape index (κ2) is 9.17. The smallest absolute Gasteiger partial charge is 0.223 e. The van der Waals surface area contributed by atoms with Crippen molar-refractivity contribution < 1.29 is 4.79 Å². The summed E-state index contributed by atoms with van der Waals surface area (Å²) in [4.78, 5) is 15.1. The maximum absolute atomic E-state index is 12.7. The molecule has 0 aromatic heterocycles. The molecule has 4 rings (SSSR count). The van der Waals surface area contributed by atoms with Crippen LogP contribution in [0.4, 0.5) is 0 Å². The largest absolute Gasteiger partial charge is 0.352 e. The Balaban J connectivity index is 1.29. The van der Waals surface area contributed by atoms with E-state index in [0.29, 0.717) is 16.6 Å². The van der Waals surface area contributed by atoms with Gasteiger partial charge in [0.05, 0.1) is 10.0 Å². The third-order valence-electron chi connectivity index (χ3n) is 5.68. The molecule has 1 amide bonds. The van der Waals surface area contributed by atoms with E-state index in [-0.39, 0.29) is 11.8 Å². The Morgan fingerprint density at radius 1 is 0.966 bits per heavy atom. The number of hydrogen-bond donors (Lipinski definition) is 1. The molecule has 0 saturated carbocycles. The van der Waals surface area contributed by atoms with Crippen molar-refractivity contribution in [3.63, 3.8) is 0 Å². The summed E-state index contributed by atoms with van der Waals surface area (Å²) in [6.45, 7) is 3.23. The van der Waals surface area contributed by atoms with Crippen LogP contribution in [0.1, 0.15) is 24.0 Å². The zero-order chi connectivity index (χ0) is 20.2. The zero-order valence-electron chi connectivity index (χ0n) is 16.2. The topological polar surface area (TPSA) is 32.3 Å². The highest BCUT2D eigenvalue weighted by Crippen LogP contribution is 2.25. The molecule has 1 aliphatic rings. The highest BCUT2D eigenvalue weighted by atomic mass is 35.5. The van der Waals surface area contributed by atoms with Crippen molar-refractivity contribution in [2.24, 2.45) is 5.92 Å². The van der Waals surface area contributed by atoms with Crippen LogP contribution in [0.25, 0.3) is 10.8 Å². The first-order chi connectivity index (χ1) is 14.1. The zero-order valence-corrected chi connectivity index (χ0v) is 17.7. The molecule has 0 radical (unpaired) electrons. The van der Waals surface area contributed by atoms with Crippen LogP contribution in [0.5, 0.6) is 0 Å². The van der Waals surface area contributed by atoms with E-state index in [2.05, 4.69) is 34.5 Å². The molecular formula is C24H24Cl2N2O. The number of amides is 1. The third-order valence-corrected chi connectivity index (χ3v) is 6.42. The molecule has 1 fully saturated rings. The number of fused-ring (bicyclic) bond motifs is 1. The predicted octanol–water partition coefficient (Wildman–Crippen LogP) is 5.68. The summed E-state index contributed by atoms with van der Waals surface area (Å²) in [5.74, 6) is 0.238. The van der Waals surface area contributed by atoms with Crippen LogP contribution >= 0.6 is 23.2 Å². The second-order valence-corrected chi connectivity index (χ2v) is 8.47. The van der Waals surface area contributed by atoms with Crippen LogP contribution in [0, 0.1) is 5.92 Å². The number of carbonyl (C=O) groups excluding carboxylic acids is 1. The number of carbonyl (C=O) groups is 1. The maximum Gasteiger partial charge on any atom is 0.223 e. The van der Waals surface area contributed by atoms with Gasteiger partial charge in [-0.1, -0.05) is 71.7 Å². The molecule has 0 atom stereocenters. The number of rotatable bonds is 5. The molecule has 0 spiro atoms. The molecule has 150 valence electrons. The molecule has 3 aromatic carbocycles. The number of benzene rings is 3. The Morgan fingerprint density at radius 2 is 1.72 bits per heavy atom. The van der Waals surface area contributed by atoms with Gasteiger partial charge in [0.1, 0.15) is 0 Å². The van der Waals surface area contributed by atoms with E-state index in [1.165, 1.54) is 10.8 Å². The van der Waals surface area contributed by atoms with E-state index in [1.807, 2.05) is 36.4 Å². The number of nitrogens with one attached hydrogen (secondary N) is 1. The van der Waals surface area contributed by atoms with Crippen molar-refractivity contribution in [3.05, 3.63) is 81.8 Å². The lowest BCUT2D eigenvalue weighted by Gasteiger charge is -2.31. The van der Waals surface area contributed by atoms with Crippen molar-refractivity contribution in [1.82, 2.24) is 10.2 Å². The van der Waals surface area contributed by atoms with Crippen LogP contribution in [0.15, 0.2) is 60.7 Å². The van der Waals surface area contributed by atoms with Gasteiger partial charge in [-0.25, -0.2) is 0 Å². The molecule has 3 aromatic rings. The van der Waals surface area contributed by atoms with Crippen LogP contribution in [-0.4, -0.2) is 23.9 Å². The lowest BCUT2D eigenvalue weighted by atomic mass is 9.95. The normalized spacial score (nSPS) is 15.5. The quantitative estimate of drug-likeness (QED) is 0.569. The van der Waals surface area contributed by atoms with Gasteiger partial charge in [0.15, 0.2) is 0 Å². The van der Waals surface area contributed by atoms with Gasteiger partial charge in [0.2, 0.25) is 5.91 Å². The molecular weight excluding hydrogens is 403 g/mol. The molecule has 5 heteroatoms. The Morgan fingerprint density at radius 3 is 2.52 bits per heavy atom. The first-order valence-electron chi connectivity index (χ1n) is 10.0. The van der Waals surface area contributed by atoms with Gasteiger partial charge in [-0.15, -0.1) is 0 Å². The summed E-state index contributed by atoms with van der Waals surface area (Å²) in [6, 6.07) is 20.3. The Hall–Kier alpha value is -2.07. The van der Waals surface area contributed by atoms with Gasteiger partial charge in [-0.2, -0.15) is 0 Å². The number of hydrogen-bond acceptors (Lipinski definition) is 2. The minimum Gasteiger partial charge on any atom is -0.352 e. The van der Waals surface area contributed by atoms with Crippen molar-refractivity contribution in [2.45, 2.75) is 25.9 Å². The summed E-state index contributed by atoms with van der Waals surface area (Å²) < 4.78 is 0. The van der Waals surface area contributed by atoms with Gasteiger partial charge < -0.3 is 5.32 Å². The fraction of sp³-hybridized carbons (Fsp3) is 0.292.